The van der Waals surface area contributed by atoms with E-state index in [1.54, 1.807) is 0 Å². The van der Waals surface area contributed by atoms with Gasteiger partial charge in [0.25, 0.3) is 0 Å². The standard InChI is InChI=1S/C4H7O/c1-3-2-4(3)5/h3,5H,2H2,1H3. The maximum Gasteiger partial charge on any atom is 0.0966 e. The zero-order chi connectivity index (χ0) is 3.86. The Morgan fingerprint density at radius 2 is 2.20 bits per heavy atom. The zero-order valence-corrected chi connectivity index (χ0v) is 3.23. The molecule has 0 amide bonds. The molecule has 0 saturated heterocycles. The van der Waals surface area contributed by atoms with Crippen LogP contribution in [0.2, 0.25) is 0 Å². The van der Waals surface area contributed by atoms with Crippen molar-refractivity contribution in [2.24, 2.45) is 5.92 Å². The van der Waals surface area contributed by atoms with Crippen LogP contribution >= 0.6 is 0 Å². The molecule has 1 unspecified atom stereocenters. The van der Waals surface area contributed by atoms with Crippen LogP contribution in [-0.2, 0) is 0 Å². The predicted molar refractivity (Wildman–Crippen MR) is 19.0 cm³/mol. The smallest absolute Gasteiger partial charge is 0.0966 e. The van der Waals surface area contributed by atoms with Gasteiger partial charge in [0.15, 0.2) is 0 Å². The molecule has 1 radical (unpaired) electrons. The lowest BCUT2D eigenvalue weighted by Crippen LogP contribution is -1.62. The summed E-state index contributed by atoms with van der Waals surface area (Å²) in [6, 6.07) is 0. The summed E-state index contributed by atoms with van der Waals surface area (Å²) in [6.07, 6.45) is 1.62. The largest absolute Gasteiger partial charge is 0.387 e. The van der Waals surface area contributed by atoms with Gasteiger partial charge in [-0.25, -0.2) is 0 Å². The van der Waals surface area contributed by atoms with Crippen LogP contribution in [0.5, 0.6) is 0 Å². The normalized spacial score (nSPS) is 38.4. The molecular formula is C4H7O. The lowest BCUT2D eigenvalue weighted by atomic mass is 10.5. The van der Waals surface area contributed by atoms with Crippen molar-refractivity contribution in [2.45, 2.75) is 13.3 Å². The minimum absolute atomic E-state index is 0.523. The predicted octanol–water partition coefficient (Wildman–Crippen LogP) is 0.931. The Labute approximate surface area is 31.6 Å². The van der Waals surface area contributed by atoms with Gasteiger partial charge in [0, 0.05) is 0 Å². The third-order valence-electron chi connectivity index (χ3n) is 0.924. The third kappa shape index (κ3) is 0.428. The second-order valence-electron chi connectivity index (χ2n) is 1.60. The van der Waals surface area contributed by atoms with Crippen LogP contribution in [0.15, 0.2) is 0 Å². The van der Waals surface area contributed by atoms with Gasteiger partial charge in [0.05, 0.1) is 6.10 Å². The summed E-state index contributed by atoms with van der Waals surface area (Å²) >= 11 is 0. The van der Waals surface area contributed by atoms with E-state index < -0.39 is 0 Å². The quantitative estimate of drug-likeness (QED) is 0.450. The fourth-order valence-corrected chi connectivity index (χ4v) is 0.255. The highest BCUT2D eigenvalue weighted by Gasteiger charge is 2.30. The van der Waals surface area contributed by atoms with Crippen LogP contribution in [0.25, 0.3) is 0 Å². The van der Waals surface area contributed by atoms with E-state index in [1.165, 1.54) is 0 Å². The van der Waals surface area contributed by atoms with E-state index in [2.05, 4.69) is 0 Å². The van der Waals surface area contributed by atoms with Gasteiger partial charge in [-0.05, 0) is 12.3 Å². The van der Waals surface area contributed by atoms with Crippen molar-refractivity contribution in [3.05, 3.63) is 6.10 Å². The summed E-state index contributed by atoms with van der Waals surface area (Å²) < 4.78 is 0. The minimum Gasteiger partial charge on any atom is -0.387 e. The lowest BCUT2D eigenvalue weighted by molar-refractivity contribution is 0.362. The van der Waals surface area contributed by atoms with E-state index in [0.29, 0.717) is 12.0 Å². The van der Waals surface area contributed by atoms with Crippen LogP contribution in [0.4, 0.5) is 0 Å². The Bertz CT molecular complexity index is 36.9. The van der Waals surface area contributed by atoms with Crippen molar-refractivity contribution in [1.29, 1.82) is 0 Å². The van der Waals surface area contributed by atoms with Gasteiger partial charge in [0.1, 0.15) is 0 Å². The highest BCUT2D eigenvalue weighted by molar-refractivity contribution is 5.00. The molecule has 1 fully saturated rings. The Kier molecular flexibility index (Phi) is 0.453. The lowest BCUT2D eigenvalue weighted by Gasteiger charge is -1.66. The molecule has 1 rings (SSSR count). The van der Waals surface area contributed by atoms with Gasteiger partial charge >= 0.3 is 0 Å². The summed E-state index contributed by atoms with van der Waals surface area (Å²) in [7, 11) is 0. The Morgan fingerprint density at radius 1 is 2.00 bits per heavy atom. The van der Waals surface area contributed by atoms with Crippen molar-refractivity contribution in [1.82, 2.24) is 0 Å². The first kappa shape index (κ1) is 3.16. The van der Waals surface area contributed by atoms with E-state index in [1.807, 2.05) is 6.92 Å². The maximum absolute atomic E-state index is 8.35. The average molecular weight is 71.1 g/mol. The molecule has 0 spiro atoms. The Balaban J connectivity index is 2.20. The number of aliphatic hydroxyl groups excluding tert-OH is 1. The van der Waals surface area contributed by atoms with Crippen LogP contribution < -0.4 is 0 Å². The second-order valence-corrected chi connectivity index (χ2v) is 1.60. The number of hydrogen-bond donors (Lipinski definition) is 1. The van der Waals surface area contributed by atoms with Crippen LogP contribution in [0.3, 0.4) is 0 Å². The van der Waals surface area contributed by atoms with E-state index in [9.17, 15) is 0 Å². The summed E-state index contributed by atoms with van der Waals surface area (Å²) in [5.41, 5.74) is 0. The van der Waals surface area contributed by atoms with Gasteiger partial charge in [-0.1, -0.05) is 6.92 Å². The molecule has 0 bridgehead atoms. The van der Waals surface area contributed by atoms with Gasteiger partial charge in [-0.15, -0.1) is 0 Å². The third-order valence-corrected chi connectivity index (χ3v) is 0.924. The van der Waals surface area contributed by atoms with Gasteiger partial charge in [-0.3, -0.25) is 0 Å². The minimum atomic E-state index is 0.523. The molecule has 0 aliphatic heterocycles. The van der Waals surface area contributed by atoms with Gasteiger partial charge in [0.2, 0.25) is 0 Å². The molecular weight excluding hydrogens is 64.0 g/mol. The molecule has 1 atom stereocenters. The molecule has 1 aliphatic rings. The second kappa shape index (κ2) is 0.716. The summed E-state index contributed by atoms with van der Waals surface area (Å²) in [5.74, 6) is 0.523. The number of aliphatic hydroxyl groups is 1. The molecule has 0 aromatic carbocycles. The summed E-state index contributed by atoms with van der Waals surface area (Å²) in [5, 5.41) is 8.35. The molecule has 0 aromatic heterocycles. The number of hydrogen-bond acceptors (Lipinski definition) is 1. The summed E-state index contributed by atoms with van der Waals surface area (Å²) in [6.45, 7) is 2.01. The van der Waals surface area contributed by atoms with E-state index in [0.717, 1.165) is 6.42 Å². The summed E-state index contributed by atoms with van der Waals surface area (Å²) in [4.78, 5) is 0. The van der Waals surface area contributed by atoms with Crippen molar-refractivity contribution in [2.75, 3.05) is 0 Å². The highest BCUT2D eigenvalue weighted by atomic mass is 16.3. The topological polar surface area (TPSA) is 20.2 Å². The maximum atomic E-state index is 8.35. The zero-order valence-electron chi connectivity index (χ0n) is 3.23. The van der Waals surface area contributed by atoms with E-state index in [4.69, 9.17) is 5.11 Å². The molecule has 1 heteroatoms. The molecule has 29 valence electrons. The van der Waals surface area contributed by atoms with Crippen molar-refractivity contribution < 1.29 is 5.11 Å². The van der Waals surface area contributed by atoms with E-state index >= 15 is 0 Å². The van der Waals surface area contributed by atoms with Crippen LogP contribution in [0.1, 0.15) is 13.3 Å². The monoisotopic (exact) mass is 71.0 g/mol. The fourth-order valence-electron chi connectivity index (χ4n) is 0.255. The SMILES string of the molecule is CC1C[C]1O. The first-order chi connectivity index (χ1) is 2.30. The molecule has 1 N–H and O–H groups in total. The van der Waals surface area contributed by atoms with Crippen LogP contribution in [-0.4, -0.2) is 5.11 Å². The molecule has 1 aliphatic carbocycles. The molecule has 1 nitrogen and oxygen atoms in total. The van der Waals surface area contributed by atoms with Gasteiger partial charge < -0.3 is 5.11 Å². The van der Waals surface area contributed by atoms with E-state index in [-0.39, 0.29) is 0 Å². The molecule has 0 heterocycles. The van der Waals surface area contributed by atoms with Crippen LogP contribution in [0, 0.1) is 12.0 Å². The van der Waals surface area contributed by atoms with Gasteiger partial charge in [-0.2, -0.15) is 0 Å². The first-order valence-corrected chi connectivity index (χ1v) is 1.85. The van der Waals surface area contributed by atoms with Crippen molar-refractivity contribution in [3.8, 4) is 0 Å². The Hall–Kier alpha value is -0.0400. The number of rotatable bonds is 0. The van der Waals surface area contributed by atoms with Crippen molar-refractivity contribution in [3.63, 3.8) is 0 Å². The first-order valence-electron chi connectivity index (χ1n) is 1.85. The van der Waals surface area contributed by atoms with Crippen molar-refractivity contribution >= 4 is 0 Å². The Morgan fingerprint density at radius 3 is 2.20 bits per heavy atom. The highest BCUT2D eigenvalue weighted by Crippen LogP contribution is 2.36. The molecule has 1 saturated carbocycles. The fraction of sp³-hybridized carbons (Fsp3) is 0.750. The molecule has 5 heavy (non-hydrogen) atoms. The molecule has 0 aromatic rings. The average Bonchev–Trinajstić information content (AvgIpc) is 1.79.